The van der Waals surface area contributed by atoms with Gasteiger partial charge >= 0.3 is 0 Å². The van der Waals surface area contributed by atoms with E-state index in [1.807, 2.05) is 11.3 Å². The maximum absolute atomic E-state index is 5.42. The molecule has 0 radical (unpaired) electrons. The molecule has 41 heavy (non-hydrogen) atoms. The molecule has 0 aliphatic heterocycles. The van der Waals surface area contributed by atoms with E-state index in [1.54, 1.807) is 11.3 Å². The third-order valence-electron chi connectivity index (χ3n) is 8.10. The third kappa shape index (κ3) is 3.37. The quantitative estimate of drug-likeness (QED) is 0.210. The van der Waals surface area contributed by atoms with Crippen LogP contribution in [-0.4, -0.2) is 14.5 Å². The fourth-order valence-electron chi connectivity index (χ4n) is 6.26. The van der Waals surface area contributed by atoms with E-state index in [1.165, 1.54) is 46.5 Å². The van der Waals surface area contributed by atoms with Crippen LogP contribution in [0.25, 0.3) is 73.8 Å². The number of rotatable bonds is 2. The highest BCUT2D eigenvalue weighted by Crippen LogP contribution is 2.44. The van der Waals surface area contributed by atoms with Gasteiger partial charge in [-0.1, -0.05) is 104 Å². The van der Waals surface area contributed by atoms with Crippen LogP contribution in [0, 0.1) is 5.92 Å². The summed E-state index contributed by atoms with van der Waals surface area (Å²) in [6.45, 7) is 2.22. The van der Waals surface area contributed by atoms with Crippen LogP contribution in [0.15, 0.2) is 115 Å². The SMILES string of the molecule is CC1C=CC=CC(c2nc(-n3c4ccccc4c4ccc5c6ccccc6sc5c43)nc3c2sc2ccccc23)=C1. The first-order chi connectivity index (χ1) is 20.2. The molecule has 194 valence electrons. The lowest BCUT2D eigenvalue weighted by molar-refractivity contribution is 0.942. The largest absolute Gasteiger partial charge is 0.276 e. The van der Waals surface area contributed by atoms with Crippen molar-refractivity contribution in [2.45, 2.75) is 6.92 Å². The highest BCUT2D eigenvalue weighted by atomic mass is 32.1. The molecule has 0 N–H and O–H groups in total. The van der Waals surface area contributed by atoms with Crippen molar-refractivity contribution in [1.82, 2.24) is 14.5 Å². The molecule has 9 rings (SSSR count). The number of nitrogens with zero attached hydrogens (tertiary/aromatic N) is 3. The molecule has 0 saturated heterocycles. The minimum Gasteiger partial charge on any atom is -0.276 e. The van der Waals surface area contributed by atoms with E-state index in [4.69, 9.17) is 9.97 Å². The maximum Gasteiger partial charge on any atom is 0.235 e. The number of hydrogen-bond acceptors (Lipinski definition) is 4. The molecule has 1 unspecified atom stereocenters. The van der Waals surface area contributed by atoms with Gasteiger partial charge in [-0.25, -0.2) is 9.97 Å². The summed E-state index contributed by atoms with van der Waals surface area (Å²) in [5.74, 6) is 1.03. The number of fused-ring (bicyclic) bond motifs is 10. The summed E-state index contributed by atoms with van der Waals surface area (Å²) in [5.41, 5.74) is 5.44. The monoisotopic (exact) mass is 561 g/mol. The molecule has 5 heteroatoms. The van der Waals surface area contributed by atoms with Gasteiger partial charge < -0.3 is 0 Å². The van der Waals surface area contributed by atoms with Crippen LogP contribution in [0.5, 0.6) is 0 Å². The van der Waals surface area contributed by atoms with Crippen LogP contribution in [0.1, 0.15) is 12.6 Å². The van der Waals surface area contributed by atoms with Crippen molar-refractivity contribution < 1.29 is 0 Å². The van der Waals surface area contributed by atoms with Crippen LogP contribution >= 0.6 is 22.7 Å². The van der Waals surface area contributed by atoms with Gasteiger partial charge in [-0.2, -0.15) is 0 Å². The minimum absolute atomic E-state index is 0.314. The molecule has 1 aliphatic carbocycles. The molecule has 3 nitrogen and oxygen atoms in total. The Balaban J connectivity index is 1.47. The van der Waals surface area contributed by atoms with Gasteiger partial charge in [-0.15, -0.1) is 22.7 Å². The Morgan fingerprint density at radius 2 is 1.37 bits per heavy atom. The normalized spacial score (nSPS) is 15.6. The topological polar surface area (TPSA) is 30.7 Å². The molecule has 4 aromatic heterocycles. The Kier molecular flexibility index (Phi) is 4.92. The van der Waals surface area contributed by atoms with E-state index in [-0.39, 0.29) is 0 Å². The van der Waals surface area contributed by atoms with E-state index >= 15 is 0 Å². The molecule has 0 saturated carbocycles. The van der Waals surface area contributed by atoms with E-state index in [0.717, 1.165) is 27.0 Å². The Morgan fingerprint density at radius 1 is 0.659 bits per heavy atom. The van der Waals surface area contributed by atoms with Gasteiger partial charge in [0.1, 0.15) is 0 Å². The molecule has 8 aromatic rings. The van der Waals surface area contributed by atoms with Crippen molar-refractivity contribution in [2.75, 3.05) is 0 Å². The third-order valence-corrected chi connectivity index (χ3v) is 10.5. The summed E-state index contributed by atoms with van der Waals surface area (Å²) in [6.07, 6.45) is 11.0. The molecule has 4 heterocycles. The minimum atomic E-state index is 0.314. The smallest absolute Gasteiger partial charge is 0.235 e. The second-order valence-electron chi connectivity index (χ2n) is 10.7. The average molecular weight is 562 g/mol. The summed E-state index contributed by atoms with van der Waals surface area (Å²) in [7, 11) is 0. The standard InChI is InChI=1S/C36H23N3S2/c1-21-10-2-3-11-22(20-21)31-35-32(27-14-6-9-17-30(27)41-35)38-36(37-31)39-28-15-7-4-12-23(28)25-18-19-26-24-13-5-8-16-29(24)40-34(26)33(25)39/h2-21H,1H3. The molecule has 0 amide bonds. The zero-order valence-electron chi connectivity index (χ0n) is 22.2. The zero-order valence-corrected chi connectivity index (χ0v) is 23.8. The van der Waals surface area contributed by atoms with Gasteiger partial charge in [0.2, 0.25) is 5.95 Å². The lowest BCUT2D eigenvalue weighted by atomic mass is 10.1. The molecular formula is C36H23N3S2. The molecule has 1 aliphatic rings. The first kappa shape index (κ1) is 23.2. The lowest BCUT2D eigenvalue weighted by Crippen LogP contribution is -2.04. The number of hydrogen-bond donors (Lipinski definition) is 0. The van der Waals surface area contributed by atoms with Gasteiger partial charge in [0.05, 0.1) is 31.6 Å². The lowest BCUT2D eigenvalue weighted by Gasteiger charge is -2.11. The van der Waals surface area contributed by atoms with Crippen LogP contribution in [-0.2, 0) is 0 Å². The first-order valence-electron chi connectivity index (χ1n) is 13.8. The molecule has 0 fully saturated rings. The van der Waals surface area contributed by atoms with Crippen molar-refractivity contribution in [3.63, 3.8) is 0 Å². The molecule has 4 aromatic carbocycles. The van der Waals surface area contributed by atoms with Gasteiger partial charge in [-0.3, -0.25) is 4.57 Å². The van der Waals surface area contributed by atoms with Crippen LogP contribution < -0.4 is 0 Å². The fourth-order valence-corrected chi connectivity index (χ4v) is 8.66. The van der Waals surface area contributed by atoms with Gasteiger partial charge in [0.15, 0.2) is 0 Å². The highest BCUT2D eigenvalue weighted by molar-refractivity contribution is 7.27. The zero-order chi connectivity index (χ0) is 27.1. The van der Waals surface area contributed by atoms with Crippen LogP contribution in [0.2, 0.25) is 0 Å². The summed E-state index contributed by atoms with van der Waals surface area (Å²) in [4.78, 5) is 10.8. The number of aromatic nitrogens is 3. The van der Waals surface area contributed by atoms with Gasteiger partial charge in [-0.05, 0) is 29.7 Å². The Hall–Kier alpha value is -4.58. The highest BCUT2D eigenvalue weighted by Gasteiger charge is 2.22. The Bertz CT molecular complexity index is 2450. The van der Waals surface area contributed by atoms with Crippen LogP contribution in [0.4, 0.5) is 0 Å². The second-order valence-corrected chi connectivity index (χ2v) is 12.8. The maximum atomic E-state index is 5.42. The summed E-state index contributed by atoms with van der Waals surface area (Å²) in [6, 6.07) is 30.5. The van der Waals surface area contributed by atoms with Crippen molar-refractivity contribution in [2.24, 2.45) is 5.92 Å². The van der Waals surface area contributed by atoms with Crippen molar-refractivity contribution in [1.29, 1.82) is 0 Å². The number of allylic oxidation sites excluding steroid dienone is 6. The van der Waals surface area contributed by atoms with E-state index in [2.05, 4.69) is 127 Å². The van der Waals surface area contributed by atoms with Gasteiger partial charge in [0, 0.05) is 36.3 Å². The predicted octanol–water partition coefficient (Wildman–Crippen LogP) is 10.5. The van der Waals surface area contributed by atoms with Crippen molar-refractivity contribution in [3.05, 3.63) is 121 Å². The van der Waals surface area contributed by atoms with Crippen molar-refractivity contribution >= 4 is 90.5 Å². The van der Waals surface area contributed by atoms with Crippen molar-refractivity contribution in [3.8, 4) is 5.95 Å². The summed E-state index contributed by atoms with van der Waals surface area (Å²) in [5, 5.41) is 6.19. The van der Waals surface area contributed by atoms with Gasteiger partial charge in [0.25, 0.3) is 0 Å². The number of para-hydroxylation sites is 1. The molecular weight excluding hydrogens is 539 g/mol. The number of benzene rings is 4. The van der Waals surface area contributed by atoms with E-state index in [9.17, 15) is 0 Å². The number of thiophene rings is 2. The average Bonchev–Trinajstić information content (AvgIpc) is 3.62. The van der Waals surface area contributed by atoms with Crippen LogP contribution in [0.3, 0.4) is 0 Å². The predicted molar refractivity (Wildman–Crippen MR) is 178 cm³/mol. The Morgan fingerprint density at radius 3 is 2.24 bits per heavy atom. The van der Waals surface area contributed by atoms with E-state index < -0.39 is 0 Å². The second kappa shape index (κ2) is 8.71. The Labute approximate surface area is 244 Å². The van der Waals surface area contributed by atoms with E-state index in [0.29, 0.717) is 11.9 Å². The summed E-state index contributed by atoms with van der Waals surface area (Å²) < 4.78 is 7.23. The fraction of sp³-hybridized carbons (Fsp3) is 0.0556. The molecule has 0 spiro atoms. The summed E-state index contributed by atoms with van der Waals surface area (Å²) >= 11 is 3.63. The molecule has 0 bridgehead atoms. The first-order valence-corrected chi connectivity index (χ1v) is 15.5. The molecule has 1 atom stereocenters.